The first-order chi connectivity index (χ1) is 15.4. The Bertz CT molecular complexity index is 437. The van der Waals surface area contributed by atoms with Crippen molar-refractivity contribution in [2.45, 2.75) is 134 Å². The van der Waals surface area contributed by atoms with Gasteiger partial charge in [-0.25, -0.2) is 0 Å². The van der Waals surface area contributed by atoms with Crippen molar-refractivity contribution in [3.05, 3.63) is 0 Å². The van der Waals surface area contributed by atoms with E-state index in [1.165, 1.54) is 88.4 Å². The third-order valence-electron chi connectivity index (χ3n) is 6.23. The van der Waals surface area contributed by atoms with Crippen LogP contribution in [0.4, 0.5) is 0 Å². The van der Waals surface area contributed by atoms with E-state index in [2.05, 4.69) is 6.92 Å². The van der Waals surface area contributed by atoms with Crippen LogP contribution in [-0.4, -0.2) is 81.0 Å². The summed E-state index contributed by atoms with van der Waals surface area (Å²) in [5.74, 6) is -0.706. The normalized spacial score (nSPS) is 15.3. The van der Waals surface area contributed by atoms with Gasteiger partial charge in [-0.15, -0.1) is 0 Å². The maximum absolute atomic E-state index is 12.2. The summed E-state index contributed by atoms with van der Waals surface area (Å²) < 4.78 is 0. The fraction of sp³-hybridized carbons (Fsp3) is 0.960. The molecule has 0 aliphatic carbocycles. The van der Waals surface area contributed by atoms with Gasteiger partial charge >= 0.3 is 0 Å². The first kappa shape index (κ1) is 31.3. The molecule has 0 radical (unpaired) electrons. The summed E-state index contributed by atoms with van der Waals surface area (Å²) in [4.78, 5) is 13.5. The van der Waals surface area contributed by atoms with Gasteiger partial charge in [0.25, 0.3) is 5.91 Å². The zero-order valence-corrected chi connectivity index (χ0v) is 20.6. The smallest absolute Gasteiger partial charge is 0.253 e. The van der Waals surface area contributed by atoms with Crippen LogP contribution in [-0.2, 0) is 4.79 Å². The largest absolute Gasteiger partial charge is 0.394 e. The molecule has 0 heterocycles. The molecule has 32 heavy (non-hydrogen) atoms. The second-order valence-electron chi connectivity index (χ2n) is 9.24. The maximum Gasteiger partial charge on any atom is 0.253 e. The molecule has 0 rings (SSSR count). The van der Waals surface area contributed by atoms with Gasteiger partial charge in [0.05, 0.1) is 6.61 Å². The Hall–Kier alpha value is -0.730. The SMILES string of the molecule is CCCCCCCCCCCCCCCCCCN(C)C(=O)C(O)C(O)C(O)C(O)CO. The van der Waals surface area contributed by atoms with E-state index < -0.39 is 36.9 Å². The number of aliphatic hydroxyl groups is 5. The number of nitrogens with zero attached hydrogens (tertiary/aromatic N) is 1. The summed E-state index contributed by atoms with van der Waals surface area (Å²) in [5, 5.41) is 47.5. The van der Waals surface area contributed by atoms with E-state index in [9.17, 15) is 25.2 Å². The first-order valence-electron chi connectivity index (χ1n) is 12.9. The van der Waals surface area contributed by atoms with Gasteiger partial charge in [0.15, 0.2) is 6.10 Å². The third kappa shape index (κ3) is 15.2. The molecular formula is C25H51NO6. The Labute approximate surface area is 195 Å². The molecule has 0 aromatic heterocycles. The van der Waals surface area contributed by atoms with E-state index in [1.54, 1.807) is 7.05 Å². The number of carbonyl (C=O) groups excluding carboxylic acids is 1. The minimum atomic E-state index is -1.85. The number of rotatable bonds is 22. The zero-order valence-electron chi connectivity index (χ0n) is 20.6. The van der Waals surface area contributed by atoms with Gasteiger partial charge < -0.3 is 30.4 Å². The average molecular weight is 462 g/mol. The van der Waals surface area contributed by atoms with Crippen LogP contribution >= 0.6 is 0 Å². The highest BCUT2D eigenvalue weighted by molar-refractivity contribution is 5.81. The third-order valence-corrected chi connectivity index (χ3v) is 6.23. The van der Waals surface area contributed by atoms with Crippen molar-refractivity contribution in [1.29, 1.82) is 0 Å². The average Bonchev–Trinajstić information content (AvgIpc) is 2.81. The predicted molar refractivity (Wildman–Crippen MR) is 128 cm³/mol. The summed E-state index contributed by atoms with van der Waals surface area (Å²) in [5.41, 5.74) is 0. The van der Waals surface area contributed by atoms with Gasteiger partial charge in [0.2, 0.25) is 0 Å². The minimum Gasteiger partial charge on any atom is -0.394 e. The van der Waals surface area contributed by atoms with Crippen LogP contribution in [0.25, 0.3) is 0 Å². The Kier molecular flexibility index (Phi) is 20.4. The number of unbranched alkanes of at least 4 members (excludes halogenated alkanes) is 15. The molecule has 0 aliphatic rings. The summed E-state index contributed by atoms with van der Waals surface area (Å²) in [6, 6.07) is 0. The van der Waals surface area contributed by atoms with Crippen LogP contribution in [0.5, 0.6) is 0 Å². The van der Waals surface area contributed by atoms with Crippen molar-refractivity contribution in [3.63, 3.8) is 0 Å². The molecule has 0 fully saturated rings. The van der Waals surface area contributed by atoms with E-state index >= 15 is 0 Å². The fourth-order valence-corrected chi connectivity index (χ4v) is 3.90. The van der Waals surface area contributed by atoms with Crippen LogP contribution in [0.1, 0.15) is 110 Å². The molecule has 0 aliphatic heterocycles. The number of hydrogen-bond acceptors (Lipinski definition) is 6. The minimum absolute atomic E-state index is 0.458. The van der Waals surface area contributed by atoms with Crippen molar-refractivity contribution in [3.8, 4) is 0 Å². The predicted octanol–water partition coefficient (Wildman–Crippen LogP) is 3.14. The van der Waals surface area contributed by atoms with Crippen molar-refractivity contribution in [2.24, 2.45) is 0 Å². The number of aliphatic hydroxyl groups excluding tert-OH is 5. The van der Waals surface area contributed by atoms with Crippen molar-refractivity contribution >= 4 is 5.91 Å². The van der Waals surface area contributed by atoms with E-state index in [0.29, 0.717) is 6.54 Å². The van der Waals surface area contributed by atoms with E-state index in [1.807, 2.05) is 0 Å². The molecular weight excluding hydrogens is 410 g/mol. The van der Waals surface area contributed by atoms with Gasteiger partial charge in [0, 0.05) is 13.6 Å². The summed E-state index contributed by atoms with van der Waals surface area (Å²) in [7, 11) is 1.54. The Morgan fingerprint density at radius 3 is 1.41 bits per heavy atom. The molecule has 1 amide bonds. The zero-order chi connectivity index (χ0) is 24.2. The maximum atomic E-state index is 12.2. The van der Waals surface area contributed by atoms with Gasteiger partial charge in [-0.05, 0) is 6.42 Å². The lowest BCUT2D eigenvalue weighted by atomic mass is 10.0. The summed E-state index contributed by atoms with van der Waals surface area (Å²) in [6.45, 7) is 1.94. The van der Waals surface area contributed by atoms with Crippen LogP contribution in [0.2, 0.25) is 0 Å². The molecule has 4 unspecified atom stereocenters. The summed E-state index contributed by atoms with van der Waals surface area (Å²) in [6.07, 6.45) is 13.3. The standard InChI is InChI=1S/C25H51NO6/c1-3-4-5-6-7-8-9-10-11-12-13-14-15-16-17-18-19-26(2)25(32)24(31)23(30)22(29)21(28)20-27/h21-24,27-31H,3-20H2,1-2H3. The topological polar surface area (TPSA) is 121 Å². The second kappa shape index (κ2) is 20.8. The van der Waals surface area contributed by atoms with Crippen molar-refractivity contribution in [2.75, 3.05) is 20.2 Å². The molecule has 192 valence electrons. The highest BCUT2D eigenvalue weighted by Crippen LogP contribution is 2.14. The van der Waals surface area contributed by atoms with Crippen molar-refractivity contribution < 1.29 is 30.3 Å². The molecule has 7 heteroatoms. The van der Waals surface area contributed by atoms with Crippen LogP contribution in [0.3, 0.4) is 0 Å². The van der Waals surface area contributed by atoms with Crippen molar-refractivity contribution in [1.82, 2.24) is 4.90 Å². The summed E-state index contributed by atoms with van der Waals surface area (Å²) >= 11 is 0. The molecule has 0 aromatic carbocycles. The monoisotopic (exact) mass is 461 g/mol. The molecule has 0 saturated heterocycles. The lowest BCUT2D eigenvalue weighted by Gasteiger charge is -2.28. The number of carbonyl (C=O) groups is 1. The molecule has 7 nitrogen and oxygen atoms in total. The second-order valence-corrected chi connectivity index (χ2v) is 9.24. The molecule has 0 spiro atoms. The highest BCUT2D eigenvalue weighted by Gasteiger charge is 2.35. The number of hydrogen-bond donors (Lipinski definition) is 5. The van der Waals surface area contributed by atoms with Crippen LogP contribution in [0.15, 0.2) is 0 Å². The number of likely N-dealkylation sites (N-methyl/N-ethyl adjacent to an activating group) is 1. The lowest BCUT2D eigenvalue weighted by Crippen LogP contribution is -2.52. The number of amides is 1. The van der Waals surface area contributed by atoms with Crippen LogP contribution < -0.4 is 0 Å². The fourth-order valence-electron chi connectivity index (χ4n) is 3.90. The molecule has 4 atom stereocenters. The highest BCUT2D eigenvalue weighted by atomic mass is 16.4. The van der Waals surface area contributed by atoms with E-state index in [-0.39, 0.29) is 0 Å². The molecule has 0 bridgehead atoms. The molecule has 0 aromatic rings. The van der Waals surface area contributed by atoms with Gasteiger partial charge in [-0.3, -0.25) is 4.79 Å². The van der Waals surface area contributed by atoms with Gasteiger partial charge in [-0.2, -0.15) is 0 Å². The van der Waals surface area contributed by atoms with Gasteiger partial charge in [0.1, 0.15) is 18.3 Å². The van der Waals surface area contributed by atoms with Crippen LogP contribution in [0, 0.1) is 0 Å². The Morgan fingerprint density at radius 2 is 1.03 bits per heavy atom. The Balaban J connectivity index is 3.61. The van der Waals surface area contributed by atoms with Gasteiger partial charge in [-0.1, -0.05) is 103 Å². The molecule has 0 saturated carbocycles. The van der Waals surface area contributed by atoms with E-state index in [0.717, 1.165) is 19.3 Å². The van der Waals surface area contributed by atoms with E-state index in [4.69, 9.17) is 5.11 Å². The lowest BCUT2D eigenvalue weighted by molar-refractivity contribution is -0.157. The molecule has 5 N–H and O–H groups in total. The quantitative estimate of drug-likeness (QED) is 0.158. The Morgan fingerprint density at radius 1 is 0.656 bits per heavy atom. The first-order valence-corrected chi connectivity index (χ1v) is 12.9.